The zero-order valence-electron chi connectivity index (χ0n) is 11.8. The first-order valence-corrected chi connectivity index (χ1v) is 8.28. The fourth-order valence-electron chi connectivity index (χ4n) is 2.16. The van der Waals surface area contributed by atoms with Crippen LogP contribution in [0.1, 0.15) is 25.0 Å². The minimum absolute atomic E-state index is 0.133. The molecule has 0 saturated carbocycles. The highest BCUT2D eigenvalue weighted by Gasteiger charge is 2.19. The van der Waals surface area contributed by atoms with Crippen LogP contribution < -0.4 is 5.32 Å². The average molecular weight is 397 g/mol. The largest absolute Gasteiger partial charge is 0.312 e. The number of hydrogen-bond donors (Lipinski definition) is 1. The summed E-state index contributed by atoms with van der Waals surface area (Å²) >= 11 is 7.03. The molecule has 0 heterocycles. The molecule has 0 aliphatic carbocycles. The third kappa shape index (κ3) is 4.18. The first-order chi connectivity index (χ1) is 9.49. The van der Waals surface area contributed by atoms with Crippen molar-refractivity contribution < 1.29 is 0 Å². The molecule has 0 atom stereocenters. The third-order valence-corrected chi connectivity index (χ3v) is 5.32. The summed E-state index contributed by atoms with van der Waals surface area (Å²) in [5, 5.41) is 3.55. The van der Waals surface area contributed by atoms with Gasteiger partial charge in [-0.2, -0.15) is 0 Å². The summed E-state index contributed by atoms with van der Waals surface area (Å²) in [4.78, 5) is 0. The number of halogens is 2. The van der Waals surface area contributed by atoms with E-state index in [4.69, 9.17) is 0 Å². The molecule has 0 aliphatic rings. The molecular weight excluding hydrogens is 378 g/mol. The van der Waals surface area contributed by atoms with Crippen LogP contribution in [0.25, 0.3) is 0 Å². The van der Waals surface area contributed by atoms with Crippen LogP contribution in [0, 0.1) is 0 Å². The van der Waals surface area contributed by atoms with Crippen LogP contribution >= 0.6 is 31.9 Å². The maximum atomic E-state index is 3.55. The van der Waals surface area contributed by atoms with Crippen molar-refractivity contribution in [3.8, 4) is 0 Å². The quantitative estimate of drug-likeness (QED) is 0.724. The van der Waals surface area contributed by atoms with Gasteiger partial charge in [0.25, 0.3) is 0 Å². The maximum absolute atomic E-state index is 3.55. The zero-order valence-corrected chi connectivity index (χ0v) is 15.0. The van der Waals surface area contributed by atoms with Crippen LogP contribution in [0.5, 0.6) is 0 Å². The van der Waals surface area contributed by atoms with E-state index < -0.39 is 0 Å². The van der Waals surface area contributed by atoms with Crippen molar-refractivity contribution in [1.29, 1.82) is 0 Å². The lowest BCUT2D eigenvalue weighted by molar-refractivity contribution is 0.469. The Kier molecular flexibility index (Phi) is 5.42. The molecule has 2 aromatic rings. The first kappa shape index (κ1) is 15.7. The number of rotatable bonds is 5. The van der Waals surface area contributed by atoms with Crippen molar-refractivity contribution in [1.82, 2.24) is 5.32 Å². The molecule has 0 aromatic heterocycles. The van der Waals surface area contributed by atoms with Crippen molar-refractivity contribution in [2.45, 2.75) is 25.8 Å². The Morgan fingerprint density at radius 2 is 1.65 bits per heavy atom. The van der Waals surface area contributed by atoms with Gasteiger partial charge in [0.2, 0.25) is 0 Å². The molecule has 1 N–H and O–H groups in total. The minimum Gasteiger partial charge on any atom is -0.312 e. The van der Waals surface area contributed by atoms with Gasteiger partial charge >= 0.3 is 0 Å². The molecule has 0 aliphatic heterocycles. The van der Waals surface area contributed by atoms with Gasteiger partial charge in [0, 0.05) is 27.4 Å². The van der Waals surface area contributed by atoms with E-state index in [1.165, 1.54) is 11.1 Å². The lowest BCUT2D eigenvalue weighted by Gasteiger charge is -2.25. The van der Waals surface area contributed by atoms with Gasteiger partial charge in [0.1, 0.15) is 0 Å². The average Bonchev–Trinajstić information content (AvgIpc) is 2.44. The van der Waals surface area contributed by atoms with Crippen LogP contribution in [-0.2, 0) is 12.0 Å². The van der Waals surface area contributed by atoms with Gasteiger partial charge in [-0.25, -0.2) is 0 Å². The highest BCUT2D eigenvalue weighted by atomic mass is 79.9. The molecule has 1 nitrogen and oxygen atoms in total. The molecule has 0 spiro atoms. The lowest BCUT2D eigenvalue weighted by Crippen LogP contribution is -2.32. The van der Waals surface area contributed by atoms with Crippen LogP contribution in [0.2, 0.25) is 0 Å². The SMILES string of the molecule is CC(C)(CNCc1ccc(Br)c(Br)c1)c1ccccc1. The highest BCUT2D eigenvalue weighted by Crippen LogP contribution is 2.24. The van der Waals surface area contributed by atoms with Gasteiger partial charge < -0.3 is 5.32 Å². The standard InChI is InChI=1S/C17H19Br2N/c1-17(2,14-6-4-3-5-7-14)12-20-11-13-8-9-15(18)16(19)10-13/h3-10,20H,11-12H2,1-2H3. The van der Waals surface area contributed by atoms with E-state index in [1.54, 1.807) is 0 Å². The number of hydrogen-bond acceptors (Lipinski definition) is 1. The summed E-state index contributed by atoms with van der Waals surface area (Å²) in [6.07, 6.45) is 0. The Morgan fingerprint density at radius 3 is 2.30 bits per heavy atom. The summed E-state index contributed by atoms with van der Waals surface area (Å²) in [5.41, 5.74) is 2.78. The summed E-state index contributed by atoms with van der Waals surface area (Å²) in [7, 11) is 0. The monoisotopic (exact) mass is 395 g/mol. The van der Waals surface area contributed by atoms with E-state index in [2.05, 4.69) is 99.6 Å². The molecule has 0 fully saturated rings. The Hall–Kier alpha value is -0.640. The minimum atomic E-state index is 0.133. The summed E-state index contributed by atoms with van der Waals surface area (Å²) in [6.45, 7) is 6.37. The molecule has 0 radical (unpaired) electrons. The van der Waals surface area contributed by atoms with Crippen molar-refractivity contribution >= 4 is 31.9 Å². The molecule has 0 amide bonds. The second kappa shape index (κ2) is 6.88. The predicted molar refractivity (Wildman–Crippen MR) is 93.0 cm³/mol. The summed E-state index contributed by atoms with van der Waals surface area (Å²) in [5.74, 6) is 0. The molecule has 0 unspecified atom stereocenters. The van der Waals surface area contributed by atoms with E-state index in [0.717, 1.165) is 22.0 Å². The Morgan fingerprint density at radius 1 is 0.950 bits per heavy atom. The normalized spacial score (nSPS) is 11.6. The fraction of sp³-hybridized carbons (Fsp3) is 0.294. The van der Waals surface area contributed by atoms with Crippen molar-refractivity contribution in [2.75, 3.05) is 6.54 Å². The van der Waals surface area contributed by atoms with Crippen molar-refractivity contribution in [3.05, 3.63) is 68.6 Å². The van der Waals surface area contributed by atoms with Gasteiger partial charge in [-0.1, -0.05) is 50.2 Å². The lowest BCUT2D eigenvalue weighted by atomic mass is 9.84. The zero-order chi connectivity index (χ0) is 14.6. The van der Waals surface area contributed by atoms with E-state index in [-0.39, 0.29) is 5.41 Å². The number of benzene rings is 2. The van der Waals surface area contributed by atoms with Gasteiger partial charge in [-0.05, 0) is 55.1 Å². The topological polar surface area (TPSA) is 12.0 Å². The maximum Gasteiger partial charge on any atom is 0.0320 e. The van der Waals surface area contributed by atoms with Crippen LogP contribution in [-0.4, -0.2) is 6.54 Å². The van der Waals surface area contributed by atoms with Gasteiger partial charge in [0.05, 0.1) is 0 Å². The van der Waals surface area contributed by atoms with E-state index in [1.807, 2.05) is 0 Å². The molecule has 20 heavy (non-hydrogen) atoms. The smallest absolute Gasteiger partial charge is 0.0320 e. The van der Waals surface area contributed by atoms with Crippen molar-refractivity contribution in [3.63, 3.8) is 0 Å². The van der Waals surface area contributed by atoms with E-state index >= 15 is 0 Å². The van der Waals surface area contributed by atoms with Gasteiger partial charge in [-0.15, -0.1) is 0 Å². The molecular formula is C17H19Br2N. The number of nitrogens with one attached hydrogen (secondary N) is 1. The molecule has 0 saturated heterocycles. The van der Waals surface area contributed by atoms with Crippen LogP contribution in [0.4, 0.5) is 0 Å². The van der Waals surface area contributed by atoms with Gasteiger partial charge in [0.15, 0.2) is 0 Å². The Balaban J connectivity index is 1.93. The fourth-order valence-corrected chi connectivity index (χ4v) is 2.83. The predicted octanol–water partition coefficient (Wildman–Crippen LogP) is 5.28. The molecule has 106 valence electrons. The molecule has 3 heteroatoms. The second-order valence-corrected chi connectivity index (χ2v) is 7.31. The second-order valence-electron chi connectivity index (χ2n) is 5.60. The van der Waals surface area contributed by atoms with Crippen LogP contribution in [0.15, 0.2) is 57.5 Å². The molecule has 2 aromatic carbocycles. The van der Waals surface area contributed by atoms with Gasteiger partial charge in [-0.3, -0.25) is 0 Å². The first-order valence-electron chi connectivity index (χ1n) is 6.69. The highest BCUT2D eigenvalue weighted by molar-refractivity contribution is 9.13. The van der Waals surface area contributed by atoms with Crippen molar-refractivity contribution in [2.24, 2.45) is 0 Å². The summed E-state index contributed by atoms with van der Waals surface area (Å²) < 4.78 is 2.19. The van der Waals surface area contributed by atoms with Crippen LogP contribution in [0.3, 0.4) is 0 Å². The Bertz CT molecular complexity index is 564. The molecule has 0 bridgehead atoms. The van der Waals surface area contributed by atoms with E-state index in [9.17, 15) is 0 Å². The van der Waals surface area contributed by atoms with E-state index in [0.29, 0.717) is 0 Å². The Labute approximate surface area is 138 Å². The summed E-state index contributed by atoms with van der Waals surface area (Å²) in [6, 6.07) is 17.0. The third-order valence-electron chi connectivity index (χ3n) is 3.44. The molecule has 2 rings (SSSR count).